The first-order valence-electron chi connectivity index (χ1n) is 8.39. The SMILES string of the molecule is CCNS(=O)(=O)c1ccc(C(=O)N(C)Cc2cccc(OC)c2OC)cc1. The molecule has 1 amide bonds. The quantitative estimate of drug-likeness (QED) is 0.745. The third-order valence-corrected chi connectivity index (χ3v) is 5.55. The Labute approximate surface area is 160 Å². The van der Waals surface area contributed by atoms with E-state index in [2.05, 4.69) is 4.72 Å². The van der Waals surface area contributed by atoms with Crippen molar-refractivity contribution in [1.82, 2.24) is 9.62 Å². The molecule has 0 atom stereocenters. The summed E-state index contributed by atoms with van der Waals surface area (Å²) in [6.45, 7) is 2.32. The number of hydrogen-bond acceptors (Lipinski definition) is 5. The lowest BCUT2D eigenvalue weighted by atomic mass is 10.1. The summed E-state index contributed by atoms with van der Waals surface area (Å²) < 4.78 is 37.1. The number of methoxy groups -OCH3 is 2. The number of amides is 1. The average Bonchev–Trinajstić information content (AvgIpc) is 2.67. The zero-order valence-corrected chi connectivity index (χ0v) is 16.7. The Balaban J connectivity index is 2.19. The summed E-state index contributed by atoms with van der Waals surface area (Å²) in [7, 11) is 1.23. The van der Waals surface area contributed by atoms with Crippen LogP contribution in [0.25, 0.3) is 0 Å². The first-order valence-corrected chi connectivity index (χ1v) is 9.87. The fourth-order valence-corrected chi connectivity index (χ4v) is 3.72. The Hall–Kier alpha value is -2.58. The molecule has 2 aromatic carbocycles. The van der Waals surface area contributed by atoms with Crippen molar-refractivity contribution >= 4 is 15.9 Å². The molecule has 0 aromatic heterocycles. The lowest BCUT2D eigenvalue weighted by Gasteiger charge is -2.20. The van der Waals surface area contributed by atoms with Gasteiger partial charge in [-0.1, -0.05) is 19.1 Å². The molecule has 7 nitrogen and oxygen atoms in total. The molecule has 0 bridgehead atoms. The first-order chi connectivity index (χ1) is 12.8. The second kappa shape index (κ2) is 8.88. The average molecular weight is 392 g/mol. The van der Waals surface area contributed by atoms with Crippen molar-refractivity contribution in [2.45, 2.75) is 18.4 Å². The van der Waals surface area contributed by atoms with Gasteiger partial charge in [0.15, 0.2) is 11.5 Å². The highest BCUT2D eigenvalue weighted by Gasteiger charge is 2.18. The number of nitrogens with one attached hydrogen (secondary N) is 1. The maximum absolute atomic E-state index is 12.7. The Morgan fingerprint density at radius 2 is 1.74 bits per heavy atom. The minimum absolute atomic E-state index is 0.123. The fourth-order valence-electron chi connectivity index (χ4n) is 2.68. The molecule has 2 aromatic rings. The zero-order chi connectivity index (χ0) is 20.0. The summed E-state index contributed by atoms with van der Waals surface area (Å²) in [6, 6.07) is 11.3. The van der Waals surface area contributed by atoms with E-state index in [4.69, 9.17) is 9.47 Å². The van der Waals surface area contributed by atoms with Gasteiger partial charge in [-0.25, -0.2) is 13.1 Å². The number of rotatable bonds is 8. The Morgan fingerprint density at radius 1 is 1.07 bits per heavy atom. The highest BCUT2D eigenvalue weighted by Crippen LogP contribution is 2.31. The molecule has 8 heteroatoms. The number of carbonyl (C=O) groups excluding carboxylic acids is 1. The van der Waals surface area contributed by atoms with E-state index in [0.717, 1.165) is 5.56 Å². The topological polar surface area (TPSA) is 84.9 Å². The molecule has 0 saturated carbocycles. The number of carbonyl (C=O) groups is 1. The highest BCUT2D eigenvalue weighted by molar-refractivity contribution is 7.89. The summed E-state index contributed by atoms with van der Waals surface area (Å²) in [5, 5.41) is 0. The van der Waals surface area contributed by atoms with E-state index < -0.39 is 10.0 Å². The van der Waals surface area contributed by atoms with E-state index in [-0.39, 0.29) is 10.8 Å². The molecule has 2 rings (SSSR count). The van der Waals surface area contributed by atoms with Crippen LogP contribution in [-0.2, 0) is 16.6 Å². The smallest absolute Gasteiger partial charge is 0.253 e. The van der Waals surface area contributed by atoms with Gasteiger partial charge in [-0.2, -0.15) is 0 Å². The Bertz CT molecular complexity index is 895. The van der Waals surface area contributed by atoms with Crippen molar-refractivity contribution < 1.29 is 22.7 Å². The van der Waals surface area contributed by atoms with Gasteiger partial charge in [-0.05, 0) is 30.3 Å². The lowest BCUT2D eigenvalue weighted by molar-refractivity contribution is 0.0784. The van der Waals surface area contributed by atoms with Crippen LogP contribution in [0.3, 0.4) is 0 Å². The fraction of sp³-hybridized carbons (Fsp3) is 0.316. The molecule has 0 radical (unpaired) electrons. The second-order valence-corrected chi connectivity index (χ2v) is 7.61. The maximum Gasteiger partial charge on any atom is 0.253 e. The number of sulfonamides is 1. The summed E-state index contributed by atoms with van der Waals surface area (Å²) in [5.74, 6) is 0.938. The summed E-state index contributed by atoms with van der Waals surface area (Å²) in [4.78, 5) is 14.3. The van der Waals surface area contributed by atoms with Gasteiger partial charge in [0.25, 0.3) is 5.91 Å². The van der Waals surface area contributed by atoms with Crippen molar-refractivity contribution in [3.63, 3.8) is 0 Å². The van der Waals surface area contributed by atoms with Crippen LogP contribution in [0.2, 0.25) is 0 Å². The molecule has 0 fully saturated rings. The van der Waals surface area contributed by atoms with Crippen molar-refractivity contribution in [1.29, 1.82) is 0 Å². The van der Waals surface area contributed by atoms with Gasteiger partial charge in [0.05, 0.1) is 19.1 Å². The molecular weight excluding hydrogens is 368 g/mol. The van der Waals surface area contributed by atoms with Gasteiger partial charge in [0.1, 0.15) is 0 Å². The monoisotopic (exact) mass is 392 g/mol. The van der Waals surface area contributed by atoms with E-state index in [9.17, 15) is 13.2 Å². The van der Waals surface area contributed by atoms with E-state index >= 15 is 0 Å². The van der Waals surface area contributed by atoms with Crippen molar-refractivity contribution in [2.75, 3.05) is 27.8 Å². The molecule has 0 heterocycles. The zero-order valence-electron chi connectivity index (χ0n) is 15.9. The molecular formula is C19H24N2O5S. The number of ether oxygens (including phenoxy) is 2. The van der Waals surface area contributed by atoms with Crippen LogP contribution in [0.15, 0.2) is 47.4 Å². The number of nitrogens with zero attached hydrogens (tertiary/aromatic N) is 1. The maximum atomic E-state index is 12.7. The molecule has 0 aliphatic rings. The lowest BCUT2D eigenvalue weighted by Crippen LogP contribution is -2.27. The van der Waals surface area contributed by atoms with Crippen molar-refractivity contribution in [3.05, 3.63) is 53.6 Å². The molecule has 0 saturated heterocycles. The predicted octanol–water partition coefficient (Wildman–Crippen LogP) is 2.27. The largest absolute Gasteiger partial charge is 0.493 e. The number of hydrogen-bond donors (Lipinski definition) is 1. The molecule has 0 unspecified atom stereocenters. The predicted molar refractivity (Wildman–Crippen MR) is 103 cm³/mol. The molecule has 1 N–H and O–H groups in total. The third-order valence-electron chi connectivity index (χ3n) is 3.98. The Morgan fingerprint density at radius 3 is 2.30 bits per heavy atom. The number of para-hydroxylation sites is 1. The van der Waals surface area contributed by atoms with Crippen LogP contribution >= 0.6 is 0 Å². The van der Waals surface area contributed by atoms with Crippen LogP contribution in [0.5, 0.6) is 11.5 Å². The minimum atomic E-state index is -3.54. The van der Waals surface area contributed by atoms with Gasteiger partial charge in [-0.15, -0.1) is 0 Å². The van der Waals surface area contributed by atoms with Crippen LogP contribution in [0.4, 0.5) is 0 Å². The van der Waals surface area contributed by atoms with Gasteiger partial charge >= 0.3 is 0 Å². The minimum Gasteiger partial charge on any atom is -0.493 e. The first kappa shape index (κ1) is 20.7. The van der Waals surface area contributed by atoms with Crippen LogP contribution in [-0.4, -0.2) is 47.0 Å². The van der Waals surface area contributed by atoms with Crippen molar-refractivity contribution in [3.8, 4) is 11.5 Å². The van der Waals surface area contributed by atoms with Gasteiger partial charge < -0.3 is 14.4 Å². The Kier molecular flexibility index (Phi) is 6.81. The van der Waals surface area contributed by atoms with E-state index in [1.807, 2.05) is 12.1 Å². The second-order valence-electron chi connectivity index (χ2n) is 5.84. The normalized spacial score (nSPS) is 11.1. The molecule has 0 aliphatic carbocycles. The molecule has 0 aliphatic heterocycles. The summed E-state index contributed by atoms with van der Waals surface area (Å²) in [6.07, 6.45) is 0. The van der Waals surface area contributed by atoms with Gasteiger partial charge in [0.2, 0.25) is 10.0 Å². The van der Waals surface area contributed by atoms with Crippen LogP contribution in [0.1, 0.15) is 22.8 Å². The van der Waals surface area contributed by atoms with E-state index in [1.165, 1.54) is 29.2 Å². The van der Waals surface area contributed by atoms with E-state index in [0.29, 0.717) is 30.2 Å². The highest BCUT2D eigenvalue weighted by atomic mass is 32.2. The number of benzene rings is 2. The van der Waals surface area contributed by atoms with Gasteiger partial charge in [0, 0.05) is 31.3 Å². The molecule has 146 valence electrons. The van der Waals surface area contributed by atoms with Crippen LogP contribution in [0, 0.1) is 0 Å². The van der Waals surface area contributed by atoms with Crippen molar-refractivity contribution in [2.24, 2.45) is 0 Å². The summed E-state index contributed by atoms with van der Waals surface area (Å²) >= 11 is 0. The summed E-state index contributed by atoms with van der Waals surface area (Å²) in [5.41, 5.74) is 1.20. The third kappa shape index (κ3) is 4.78. The van der Waals surface area contributed by atoms with Crippen LogP contribution < -0.4 is 14.2 Å². The van der Waals surface area contributed by atoms with E-state index in [1.54, 1.807) is 34.3 Å². The van der Waals surface area contributed by atoms with Gasteiger partial charge in [-0.3, -0.25) is 4.79 Å². The molecule has 27 heavy (non-hydrogen) atoms. The molecule has 0 spiro atoms. The standard InChI is InChI=1S/C19H24N2O5S/c1-5-20-27(23,24)16-11-9-14(10-12-16)19(22)21(2)13-15-7-6-8-17(25-3)18(15)26-4/h6-12,20H,5,13H2,1-4H3.